The lowest BCUT2D eigenvalue weighted by Gasteiger charge is -2.47. The number of thioether (sulfide) groups is 1. The van der Waals surface area contributed by atoms with E-state index in [0.717, 1.165) is 34.6 Å². The van der Waals surface area contributed by atoms with E-state index < -0.39 is 11.0 Å². The van der Waals surface area contributed by atoms with E-state index in [4.69, 9.17) is 26.5 Å². The molecule has 0 amide bonds. The van der Waals surface area contributed by atoms with Gasteiger partial charge in [-0.25, -0.2) is 14.8 Å². The van der Waals surface area contributed by atoms with Gasteiger partial charge in [0.25, 0.3) is 0 Å². The minimum atomic E-state index is -0.978. The molecule has 0 saturated heterocycles. The number of esters is 1. The number of para-hydroxylation sites is 1. The van der Waals surface area contributed by atoms with Gasteiger partial charge in [-0.15, -0.1) is 0 Å². The standard InChI is InChI=1S/C25H21ClN4O2S/c1-3-22-20-11-7-8-12-21(20)25(29(27-22)18-9-5-4-6-10-18)30(19-15-13-17(26)14-16-19)28-23(33-25)24(31)32-2/h4-16H,3H2,1-2H3/t25-/m1/s1. The van der Waals surface area contributed by atoms with Crippen molar-refractivity contribution < 1.29 is 9.53 Å². The van der Waals surface area contributed by atoms with Gasteiger partial charge in [-0.3, -0.25) is 0 Å². The van der Waals surface area contributed by atoms with Crippen LogP contribution in [0.15, 0.2) is 89.1 Å². The number of rotatable bonds is 4. The average molecular weight is 477 g/mol. The second-order valence-electron chi connectivity index (χ2n) is 7.49. The third-order valence-corrected chi connectivity index (χ3v) is 7.12. The van der Waals surface area contributed by atoms with Crippen LogP contribution in [0, 0.1) is 0 Å². The molecule has 3 aromatic rings. The molecule has 1 spiro atoms. The highest BCUT2D eigenvalue weighted by Gasteiger charge is 2.56. The Morgan fingerprint density at radius 3 is 2.27 bits per heavy atom. The Labute approximate surface area is 201 Å². The summed E-state index contributed by atoms with van der Waals surface area (Å²) in [4.78, 5) is 11.7. The summed E-state index contributed by atoms with van der Waals surface area (Å²) in [6.45, 7) is 2.09. The molecule has 2 heterocycles. The predicted octanol–water partition coefficient (Wildman–Crippen LogP) is 5.82. The number of ether oxygens (including phenoxy) is 1. The largest absolute Gasteiger partial charge is 0.464 e. The lowest BCUT2D eigenvalue weighted by Crippen LogP contribution is -2.53. The molecule has 0 N–H and O–H groups in total. The van der Waals surface area contributed by atoms with E-state index in [2.05, 4.69) is 19.1 Å². The number of fused-ring (bicyclic) bond motifs is 2. The Morgan fingerprint density at radius 1 is 0.939 bits per heavy atom. The number of hydrogen-bond acceptors (Lipinski definition) is 7. The summed E-state index contributed by atoms with van der Waals surface area (Å²) in [5.41, 5.74) is 4.63. The van der Waals surface area contributed by atoms with Crippen LogP contribution >= 0.6 is 23.4 Å². The van der Waals surface area contributed by atoms with Gasteiger partial charge in [-0.05, 0) is 54.6 Å². The van der Waals surface area contributed by atoms with Crippen molar-refractivity contribution in [3.8, 4) is 0 Å². The average Bonchev–Trinajstić information content (AvgIpc) is 3.26. The maximum Gasteiger partial charge on any atom is 0.365 e. The van der Waals surface area contributed by atoms with Crippen LogP contribution in [0.2, 0.25) is 5.02 Å². The van der Waals surface area contributed by atoms with Crippen molar-refractivity contribution in [3.05, 3.63) is 95.0 Å². The smallest absolute Gasteiger partial charge is 0.365 e. The van der Waals surface area contributed by atoms with Gasteiger partial charge in [-0.1, -0.05) is 61.0 Å². The number of hydrazone groups is 2. The molecule has 2 aliphatic rings. The maximum atomic E-state index is 12.7. The summed E-state index contributed by atoms with van der Waals surface area (Å²) in [5, 5.41) is 14.5. The highest BCUT2D eigenvalue weighted by Crippen LogP contribution is 2.54. The molecule has 3 aromatic carbocycles. The van der Waals surface area contributed by atoms with Gasteiger partial charge in [0.05, 0.1) is 24.2 Å². The normalized spacial score (nSPS) is 19.2. The third kappa shape index (κ3) is 3.48. The van der Waals surface area contributed by atoms with Gasteiger partial charge < -0.3 is 4.74 Å². The minimum absolute atomic E-state index is 0.248. The molecule has 0 bridgehead atoms. The molecule has 1 atom stereocenters. The molecule has 0 saturated carbocycles. The lowest BCUT2D eigenvalue weighted by atomic mass is 9.96. The van der Waals surface area contributed by atoms with Crippen molar-refractivity contribution in [2.45, 2.75) is 18.3 Å². The number of methoxy groups -OCH3 is 1. The van der Waals surface area contributed by atoms with E-state index in [0.29, 0.717) is 5.02 Å². The summed E-state index contributed by atoms with van der Waals surface area (Å²) in [7, 11) is 1.36. The first kappa shape index (κ1) is 21.6. The molecule has 33 heavy (non-hydrogen) atoms. The molecule has 5 rings (SSSR count). The minimum Gasteiger partial charge on any atom is -0.464 e. The van der Waals surface area contributed by atoms with E-state index in [1.165, 1.54) is 18.9 Å². The van der Waals surface area contributed by atoms with Gasteiger partial charge in [0.15, 0.2) is 0 Å². The summed E-state index contributed by atoms with van der Waals surface area (Å²) >= 11 is 7.49. The predicted molar refractivity (Wildman–Crippen MR) is 135 cm³/mol. The number of carbonyl (C=O) groups is 1. The van der Waals surface area contributed by atoms with Crippen LogP contribution in [-0.2, 0) is 14.5 Å². The lowest BCUT2D eigenvalue weighted by molar-refractivity contribution is -0.132. The number of nitrogens with zero attached hydrogens (tertiary/aromatic N) is 4. The molecule has 0 fully saturated rings. The van der Waals surface area contributed by atoms with Crippen molar-refractivity contribution >= 4 is 51.5 Å². The van der Waals surface area contributed by atoms with Crippen LogP contribution in [0.1, 0.15) is 24.5 Å². The van der Waals surface area contributed by atoms with Crippen LogP contribution < -0.4 is 10.0 Å². The third-order valence-electron chi connectivity index (χ3n) is 5.58. The molecule has 2 aliphatic heterocycles. The highest BCUT2D eigenvalue weighted by atomic mass is 35.5. The zero-order valence-electron chi connectivity index (χ0n) is 18.1. The number of carbonyl (C=O) groups excluding carboxylic acids is 1. The first-order valence-corrected chi connectivity index (χ1v) is 11.7. The zero-order chi connectivity index (χ0) is 23.0. The maximum absolute atomic E-state index is 12.7. The topological polar surface area (TPSA) is 57.5 Å². The fraction of sp³-hybridized carbons (Fsp3) is 0.160. The Kier molecular flexibility index (Phi) is 5.60. The molecule has 0 aliphatic carbocycles. The van der Waals surface area contributed by atoms with Crippen molar-refractivity contribution in [1.29, 1.82) is 0 Å². The first-order chi connectivity index (χ1) is 16.1. The fourth-order valence-electron chi connectivity index (χ4n) is 4.08. The first-order valence-electron chi connectivity index (χ1n) is 10.5. The number of anilines is 2. The highest BCUT2D eigenvalue weighted by molar-refractivity contribution is 8.16. The fourth-order valence-corrected chi connectivity index (χ4v) is 5.52. The zero-order valence-corrected chi connectivity index (χ0v) is 19.7. The Hall–Kier alpha value is -3.29. The number of hydrogen-bond donors (Lipinski definition) is 0. The summed E-state index contributed by atoms with van der Waals surface area (Å²) in [5.74, 6) is -0.494. The van der Waals surface area contributed by atoms with Gasteiger partial charge in [-0.2, -0.15) is 10.2 Å². The van der Waals surface area contributed by atoms with Crippen LogP contribution in [-0.4, -0.2) is 23.8 Å². The monoisotopic (exact) mass is 476 g/mol. The Bertz CT molecular complexity index is 1260. The molecule has 0 unspecified atom stereocenters. The molecular formula is C25H21ClN4O2S. The summed E-state index contributed by atoms with van der Waals surface area (Å²) in [6.07, 6.45) is 0.757. The molecule has 0 aromatic heterocycles. The molecule has 166 valence electrons. The SMILES string of the molecule is CCC1=NN(c2ccccc2)[C@]2(SC(C(=O)OC)=NN2c2ccc(Cl)cc2)c2ccccc21. The molecule has 8 heteroatoms. The molecular weight excluding hydrogens is 456 g/mol. The number of benzene rings is 3. The van der Waals surface area contributed by atoms with Crippen LogP contribution in [0.5, 0.6) is 0 Å². The summed E-state index contributed by atoms with van der Waals surface area (Å²) < 4.78 is 5.05. The van der Waals surface area contributed by atoms with Crippen LogP contribution in [0.25, 0.3) is 0 Å². The van der Waals surface area contributed by atoms with E-state index in [1.807, 2.05) is 76.7 Å². The quantitative estimate of drug-likeness (QED) is 0.444. The summed E-state index contributed by atoms with van der Waals surface area (Å²) in [6, 6.07) is 25.5. The van der Waals surface area contributed by atoms with Crippen molar-refractivity contribution in [3.63, 3.8) is 0 Å². The van der Waals surface area contributed by atoms with Gasteiger partial charge >= 0.3 is 5.97 Å². The van der Waals surface area contributed by atoms with Gasteiger partial charge in [0.2, 0.25) is 10.0 Å². The second-order valence-corrected chi connectivity index (χ2v) is 9.08. The van der Waals surface area contributed by atoms with E-state index in [9.17, 15) is 4.79 Å². The van der Waals surface area contributed by atoms with Crippen molar-refractivity contribution in [2.24, 2.45) is 10.2 Å². The second kappa shape index (κ2) is 8.57. The van der Waals surface area contributed by atoms with Gasteiger partial charge in [0.1, 0.15) is 0 Å². The van der Waals surface area contributed by atoms with E-state index in [1.54, 1.807) is 0 Å². The van der Waals surface area contributed by atoms with E-state index >= 15 is 0 Å². The van der Waals surface area contributed by atoms with Gasteiger partial charge in [0, 0.05) is 16.1 Å². The van der Waals surface area contributed by atoms with Crippen LogP contribution in [0.4, 0.5) is 11.4 Å². The van der Waals surface area contributed by atoms with Crippen LogP contribution in [0.3, 0.4) is 0 Å². The Balaban J connectivity index is 1.81. The number of halogens is 1. The van der Waals surface area contributed by atoms with Crippen molar-refractivity contribution in [2.75, 3.05) is 17.1 Å². The Morgan fingerprint density at radius 2 is 1.58 bits per heavy atom. The molecule has 0 radical (unpaired) electrons. The van der Waals surface area contributed by atoms with Crippen molar-refractivity contribution in [1.82, 2.24) is 0 Å². The molecule has 6 nitrogen and oxygen atoms in total. The van der Waals surface area contributed by atoms with E-state index in [-0.39, 0.29) is 5.04 Å².